The van der Waals surface area contributed by atoms with Crippen LogP contribution in [0.3, 0.4) is 0 Å². The number of methoxy groups -OCH3 is 1. The van der Waals surface area contributed by atoms with E-state index in [4.69, 9.17) is 4.74 Å². The average Bonchev–Trinajstić information content (AvgIpc) is 2.70. The van der Waals surface area contributed by atoms with Crippen LogP contribution in [0.1, 0.15) is 23.6 Å². The van der Waals surface area contributed by atoms with Gasteiger partial charge in [0.25, 0.3) is 0 Å². The molecule has 0 unspecified atom stereocenters. The lowest BCUT2D eigenvalue weighted by Crippen LogP contribution is -2.37. The van der Waals surface area contributed by atoms with Gasteiger partial charge in [0.2, 0.25) is 26.0 Å². The molecule has 0 fully saturated rings. The number of carbonyl (C=O) groups is 1. The quantitative estimate of drug-likeness (QED) is 0.422. The standard InChI is InChI=1S/C20H27N3O6S2/c1-15-4-10-18(11-5-15)31(27,28)22-13-12-21-20(24)14-19(23-30(3,25)26)16-6-8-17(29-2)9-7-16/h4-11,19,22-23H,12-14H2,1-3H3,(H,21,24)/t19-/m1/s1. The van der Waals surface area contributed by atoms with Gasteiger partial charge in [-0.2, -0.15) is 0 Å². The van der Waals surface area contributed by atoms with Crippen molar-refractivity contribution >= 4 is 26.0 Å². The molecule has 0 saturated heterocycles. The van der Waals surface area contributed by atoms with E-state index in [1.807, 2.05) is 6.92 Å². The third-order valence-electron chi connectivity index (χ3n) is 4.33. The predicted octanol–water partition coefficient (Wildman–Crippen LogP) is 1.08. The summed E-state index contributed by atoms with van der Waals surface area (Å²) in [5.74, 6) is 0.179. The summed E-state index contributed by atoms with van der Waals surface area (Å²) >= 11 is 0. The van der Waals surface area contributed by atoms with Crippen LogP contribution < -0.4 is 19.5 Å². The van der Waals surface area contributed by atoms with Crippen molar-refractivity contribution in [3.8, 4) is 5.75 Å². The van der Waals surface area contributed by atoms with E-state index in [9.17, 15) is 21.6 Å². The molecule has 0 aliphatic carbocycles. The second-order valence-corrected chi connectivity index (χ2v) is 10.5. The monoisotopic (exact) mass is 469 g/mol. The van der Waals surface area contributed by atoms with Gasteiger partial charge >= 0.3 is 0 Å². The molecule has 31 heavy (non-hydrogen) atoms. The number of sulfonamides is 2. The van der Waals surface area contributed by atoms with Crippen LogP contribution in [0.5, 0.6) is 5.75 Å². The van der Waals surface area contributed by atoms with Gasteiger partial charge in [-0.3, -0.25) is 4.79 Å². The molecule has 11 heteroatoms. The molecular weight excluding hydrogens is 442 g/mol. The van der Waals surface area contributed by atoms with Crippen molar-refractivity contribution in [1.29, 1.82) is 0 Å². The average molecular weight is 470 g/mol. The molecule has 0 bridgehead atoms. The van der Waals surface area contributed by atoms with Gasteiger partial charge in [0, 0.05) is 19.5 Å². The van der Waals surface area contributed by atoms with Crippen molar-refractivity contribution < 1.29 is 26.4 Å². The lowest BCUT2D eigenvalue weighted by Gasteiger charge is -2.18. The van der Waals surface area contributed by atoms with Gasteiger partial charge < -0.3 is 10.1 Å². The van der Waals surface area contributed by atoms with Crippen molar-refractivity contribution in [3.63, 3.8) is 0 Å². The van der Waals surface area contributed by atoms with Crippen molar-refractivity contribution in [1.82, 2.24) is 14.8 Å². The molecule has 0 radical (unpaired) electrons. The van der Waals surface area contributed by atoms with Crippen molar-refractivity contribution in [3.05, 3.63) is 59.7 Å². The van der Waals surface area contributed by atoms with E-state index < -0.39 is 32.0 Å². The molecule has 1 atom stereocenters. The minimum atomic E-state index is -3.68. The Morgan fingerprint density at radius 1 is 0.968 bits per heavy atom. The van der Waals surface area contributed by atoms with Crippen LogP contribution in [0.15, 0.2) is 53.4 Å². The number of hydrogen-bond donors (Lipinski definition) is 3. The molecule has 3 N–H and O–H groups in total. The Labute approximate surface area is 183 Å². The Bertz CT molecular complexity index is 1080. The highest BCUT2D eigenvalue weighted by Crippen LogP contribution is 2.21. The third kappa shape index (κ3) is 8.29. The maximum atomic E-state index is 12.3. The van der Waals surface area contributed by atoms with E-state index in [2.05, 4.69) is 14.8 Å². The van der Waals surface area contributed by atoms with E-state index in [1.165, 1.54) is 19.2 Å². The molecule has 170 valence electrons. The third-order valence-corrected chi connectivity index (χ3v) is 6.52. The van der Waals surface area contributed by atoms with E-state index in [0.29, 0.717) is 11.3 Å². The van der Waals surface area contributed by atoms with E-state index >= 15 is 0 Å². The smallest absolute Gasteiger partial charge is 0.240 e. The predicted molar refractivity (Wildman–Crippen MR) is 118 cm³/mol. The second kappa shape index (κ2) is 10.7. The molecule has 0 aromatic heterocycles. The summed E-state index contributed by atoms with van der Waals surface area (Å²) in [5, 5.41) is 2.60. The Balaban J connectivity index is 1.92. The minimum absolute atomic E-state index is 0.00530. The highest BCUT2D eigenvalue weighted by Gasteiger charge is 2.20. The first-order valence-corrected chi connectivity index (χ1v) is 12.8. The zero-order valence-electron chi connectivity index (χ0n) is 17.6. The van der Waals surface area contributed by atoms with E-state index in [0.717, 1.165) is 11.8 Å². The Morgan fingerprint density at radius 2 is 1.58 bits per heavy atom. The fourth-order valence-corrected chi connectivity index (χ4v) is 4.54. The first-order valence-electron chi connectivity index (χ1n) is 9.44. The minimum Gasteiger partial charge on any atom is -0.497 e. The topological polar surface area (TPSA) is 131 Å². The second-order valence-electron chi connectivity index (χ2n) is 6.98. The van der Waals surface area contributed by atoms with Gasteiger partial charge in [-0.05, 0) is 36.8 Å². The SMILES string of the molecule is COc1ccc([C@@H](CC(=O)NCCNS(=O)(=O)c2ccc(C)cc2)NS(C)(=O)=O)cc1. The van der Waals surface area contributed by atoms with E-state index in [-0.39, 0.29) is 24.4 Å². The van der Waals surface area contributed by atoms with Crippen LogP contribution in [-0.4, -0.2) is 49.2 Å². The summed E-state index contributed by atoms with van der Waals surface area (Å²) in [6.45, 7) is 1.91. The highest BCUT2D eigenvalue weighted by molar-refractivity contribution is 7.89. The summed E-state index contributed by atoms with van der Waals surface area (Å²) in [5.41, 5.74) is 1.54. The summed E-state index contributed by atoms with van der Waals surface area (Å²) in [7, 11) is -5.72. The highest BCUT2D eigenvalue weighted by atomic mass is 32.2. The Morgan fingerprint density at radius 3 is 2.13 bits per heavy atom. The molecule has 9 nitrogen and oxygen atoms in total. The number of carbonyl (C=O) groups excluding carboxylic acids is 1. The van der Waals surface area contributed by atoms with Crippen LogP contribution in [0.4, 0.5) is 0 Å². The molecule has 2 rings (SSSR count). The van der Waals surface area contributed by atoms with Crippen LogP contribution in [0, 0.1) is 6.92 Å². The number of rotatable bonds is 11. The molecule has 0 spiro atoms. The lowest BCUT2D eigenvalue weighted by molar-refractivity contribution is -0.121. The number of amides is 1. The number of aryl methyl sites for hydroxylation is 1. The first-order chi connectivity index (χ1) is 14.5. The van der Waals surface area contributed by atoms with Crippen molar-refractivity contribution in [2.24, 2.45) is 0 Å². The normalized spacial score (nSPS) is 12.9. The molecule has 0 heterocycles. The van der Waals surface area contributed by atoms with Gasteiger partial charge in [0.05, 0.1) is 24.3 Å². The van der Waals surface area contributed by atoms with Crippen molar-refractivity contribution in [2.75, 3.05) is 26.5 Å². The molecular formula is C20H27N3O6S2. The lowest BCUT2D eigenvalue weighted by atomic mass is 10.0. The Hall–Kier alpha value is -2.47. The first kappa shape index (κ1) is 24.8. The number of ether oxygens (including phenoxy) is 1. The van der Waals surface area contributed by atoms with Gasteiger partial charge in [0.15, 0.2) is 0 Å². The fourth-order valence-electron chi connectivity index (χ4n) is 2.77. The van der Waals surface area contributed by atoms with Crippen LogP contribution in [-0.2, 0) is 24.8 Å². The summed E-state index contributed by atoms with van der Waals surface area (Å²) in [6, 6.07) is 12.3. The molecule has 2 aromatic rings. The van der Waals surface area contributed by atoms with Crippen molar-refractivity contribution in [2.45, 2.75) is 24.3 Å². The van der Waals surface area contributed by atoms with Gasteiger partial charge in [0.1, 0.15) is 5.75 Å². The Kier molecular flexibility index (Phi) is 8.57. The summed E-state index contributed by atoms with van der Waals surface area (Å²) in [6.07, 6.45) is 0.866. The molecule has 1 amide bonds. The zero-order chi connectivity index (χ0) is 23.1. The zero-order valence-corrected chi connectivity index (χ0v) is 19.2. The molecule has 2 aromatic carbocycles. The van der Waals surface area contributed by atoms with Crippen LogP contribution in [0.25, 0.3) is 0 Å². The molecule has 0 aliphatic heterocycles. The molecule has 0 aliphatic rings. The summed E-state index contributed by atoms with van der Waals surface area (Å²) in [4.78, 5) is 12.5. The maximum Gasteiger partial charge on any atom is 0.240 e. The molecule has 0 saturated carbocycles. The van der Waals surface area contributed by atoms with Crippen LogP contribution in [0.2, 0.25) is 0 Å². The van der Waals surface area contributed by atoms with E-state index in [1.54, 1.807) is 36.4 Å². The van der Waals surface area contributed by atoms with Gasteiger partial charge in [-0.1, -0.05) is 29.8 Å². The largest absolute Gasteiger partial charge is 0.497 e. The summed E-state index contributed by atoms with van der Waals surface area (Å²) < 4.78 is 57.8. The maximum absolute atomic E-state index is 12.3. The number of hydrogen-bond acceptors (Lipinski definition) is 6. The van der Waals surface area contributed by atoms with Gasteiger partial charge in [-0.25, -0.2) is 26.3 Å². The number of nitrogens with one attached hydrogen (secondary N) is 3. The van der Waals surface area contributed by atoms with Gasteiger partial charge in [-0.15, -0.1) is 0 Å². The fraction of sp³-hybridized carbons (Fsp3) is 0.350. The van der Waals surface area contributed by atoms with Crippen LogP contribution >= 0.6 is 0 Å². The number of benzene rings is 2.